The second kappa shape index (κ2) is 5.36. The Morgan fingerprint density at radius 3 is 2.88 bits per heavy atom. The molecule has 2 unspecified atom stereocenters. The molecule has 0 spiro atoms. The van der Waals surface area contributed by atoms with Crippen LogP contribution in [0.1, 0.15) is 51.2 Å². The molecule has 8 heteroatoms. The Labute approximate surface area is 151 Å². The molecule has 2 aliphatic heterocycles. The minimum atomic E-state index is -0.143. The maximum absolute atomic E-state index is 4.97. The molecule has 2 atom stereocenters. The van der Waals surface area contributed by atoms with Gasteiger partial charge in [-0.2, -0.15) is 4.98 Å². The lowest BCUT2D eigenvalue weighted by molar-refractivity contribution is 0.370. The van der Waals surface area contributed by atoms with Crippen molar-refractivity contribution >= 4 is 5.82 Å². The third-order valence-electron chi connectivity index (χ3n) is 5.96. The van der Waals surface area contributed by atoms with Crippen LogP contribution in [-0.2, 0) is 5.54 Å². The summed E-state index contributed by atoms with van der Waals surface area (Å²) < 4.78 is 3.99. The molecule has 3 aromatic heterocycles. The molecule has 0 amide bonds. The van der Waals surface area contributed by atoms with Crippen molar-refractivity contribution in [2.24, 2.45) is 0 Å². The van der Waals surface area contributed by atoms with E-state index in [0.29, 0.717) is 12.0 Å². The Kier molecular flexibility index (Phi) is 3.19. The van der Waals surface area contributed by atoms with E-state index >= 15 is 0 Å². The molecule has 0 bridgehead atoms. The van der Waals surface area contributed by atoms with Crippen LogP contribution in [0.5, 0.6) is 0 Å². The van der Waals surface area contributed by atoms with Crippen molar-refractivity contribution in [1.29, 1.82) is 0 Å². The third-order valence-corrected chi connectivity index (χ3v) is 5.96. The highest BCUT2D eigenvalue weighted by molar-refractivity contribution is 5.65. The van der Waals surface area contributed by atoms with Gasteiger partial charge >= 0.3 is 0 Å². The van der Waals surface area contributed by atoms with E-state index in [2.05, 4.69) is 43.5 Å². The molecule has 3 aromatic rings. The van der Waals surface area contributed by atoms with E-state index in [1.807, 2.05) is 23.9 Å². The summed E-state index contributed by atoms with van der Waals surface area (Å²) >= 11 is 0. The number of imidazole rings is 1. The quantitative estimate of drug-likeness (QED) is 0.722. The summed E-state index contributed by atoms with van der Waals surface area (Å²) in [6.07, 6.45) is 11.5. The monoisotopic (exact) mass is 350 g/mol. The van der Waals surface area contributed by atoms with E-state index in [1.54, 1.807) is 12.5 Å². The fraction of sp³-hybridized carbons (Fsp3) is 0.500. The van der Waals surface area contributed by atoms with E-state index in [0.717, 1.165) is 48.8 Å². The van der Waals surface area contributed by atoms with Crippen LogP contribution in [0, 0.1) is 6.92 Å². The van der Waals surface area contributed by atoms with Gasteiger partial charge in [0, 0.05) is 18.4 Å². The van der Waals surface area contributed by atoms with Crippen molar-refractivity contribution < 1.29 is 0 Å². The Morgan fingerprint density at radius 1 is 1.27 bits per heavy atom. The van der Waals surface area contributed by atoms with Crippen LogP contribution in [-0.4, -0.2) is 40.3 Å². The maximum atomic E-state index is 4.97. The van der Waals surface area contributed by atoms with E-state index in [-0.39, 0.29) is 5.54 Å². The number of hydrogen-bond acceptors (Lipinski definition) is 6. The highest BCUT2D eigenvalue weighted by Crippen LogP contribution is 2.52. The molecule has 0 aliphatic carbocycles. The molecule has 0 saturated carbocycles. The maximum Gasteiger partial charge on any atom is 0.236 e. The van der Waals surface area contributed by atoms with Gasteiger partial charge in [0.15, 0.2) is 11.6 Å². The van der Waals surface area contributed by atoms with Crippen LogP contribution in [0.25, 0.3) is 11.6 Å². The number of anilines is 1. The van der Waals surface area contributed by atoms with Gasteiger partial charge in [-0.25, -0.2) is 9.97 Å². The third kappa shape index (κ3) is 1.81. The van der Waals surface area contributed by atoms with Gasteiger partial charge in [-0.1, -0.05) is 13.8 Å². The van der Waals surface area contributed by atoms with Gasteiger partial charge in [0.05, 0.1) is 6.20 Å². The molecular formula is C18H22N8. The summed E-state index contributed by atoms with van der Waals surface area (Å²) in [5, 5.41) is 8.97. The summed E-state index contributed by atoms with van der Waals surface area (Å²) in [6.45, 7) is 6.48. The molecule has 8 nitrogen and oxygen atoms in total. The van der Waals surface area contributed by atoms with Crippen LogP contribution < -0.4 is 4.90 Å². The Bertz CT molecular complexity index is 960. The van der Waals surface area contributed by atoms with E-state index in [1.165, 1.54) is 0 Å². The molecule has 5 heterocycles. The lowest BCUT2D eigenvalue weighted by Crippen LogP contribution is -2.50. The molecule has 1 saturated heterocycles. The van der Waals surface area contributed by atoms with E-state index in [4.69, 9.17) is 4.98 Å². The summed E-state index contributed by atoms with van der Waals surface area (Å²) in [5.74, 6) is 3.53. The fourth-order valence-electron chi connectivity index (χ4n) is 4.64. The average Bonchev–Trinajstić information content (AvgIpc) is 3.40. The highest BCUT2D eigenvalue weighted by Gasteiger charge is 2.53. The zero-order valence-electron chi connectivity index (χ0n) is 15.3. The van der Waals surface area contributed by atoms with Crippen molar-refractivity contribution in [3.63, 3.8) is 0 Å². The van der Waals surface area contributed by atoms with E-state index < -0.39 is 0 Å². The van der Waals surface area contributed by atoms with Crippen LogP contribution in [0.4, 0.5) is 5.82 Å². The number of fused-ring (bicyclic) bond motifs is 6. The zero-order chi connectivity index (χ0) is 17.9. The van der Waals surface area contributed by atoms with Gasteiger partial charge in [-0.3, -0.25) is 9.13 Å². The molecule has 134 valence electrons. The predicted octanol–water partition coefficient (Wildman–Crippen LogP) is 2.55. The number of hydrogen-bond donors (Lipinski definition) is 0. The molecular weight excluding hydrogens is 328 g/mol. The van der Waals surface area contributed by atoms with E-state index in [9.17, 15) is 0 Å². The first kappa shape index (κ1) is 15.5. The average molecular weight is 350 g/mol. The molecule has 0 N–H and O–H groups in total. The first-order valence-corrected chi connectivity index (χ1v) is 9.27. The summed E-state index contributed by atoms with van der Waals surface area (Å²) in [6, 6.07) is 0.449. The van der Waals surface area contributed by atoms with Gasteiger partial charge in [-0.15, -0.1) is 10.2 Å². The Balaban J connectivity index is 1.80. The number of aromatic nitrogens is 7. The van der Waals surface area contributed by atoms with Crippen molar-refractivity contribution in [3.05, 3.63) is 36.6 Å². The smallest absolute Gasteiger partial charge is 0.236 e. The summed E-state index contributed by atoms with van der Waals surface area (Å²) in [4.78, 5) is 16.2. The molecule has 2 aliphatic rings. The van der Waals surface area contributed by atoms with Crippen molar-refractivity contribution in [2.45, 2.75) is 58.0 Å². The molecule has 0 radical (unpaired) electrons. The van der Waals surface area contributed by atoms with Crippen molar-refractivity contribution in [2.75, 3.05) is 4.90 Å². The first-order chi connectivity index (χ1) is 12.7. The van der Waals surface area contributed by atoms with Crippen LogP contribution in [0.2, 0.25) is 0 Å². The molecule has 5 rings (SSSR count). The summed E-state index contributed by atoms with van der Waals surface area (Å²) in [5.41, 5.74) is 0.825. The number of rotatable bonds is 3. The van der Waals surface area contributed by atoms with Crippen LogP contribution >= 0.6 is 0 Å². The fourth-order valence-corrected chi connectivity index (χ4v) is 4.64. The van der Waals surface area contributed by atoms with Crippen LogP contribution in [0.3, 0.4) is 0 Å². The van der Waals surface area contributed by atoms with Gasteiger partial charge in [0.2, 0.25) is 5.95 Å². The Morgan fingerprint density at radius 2 is 2.15 bits per heavy atom. The summed E-state index contributed by atoms with van der Waals surface area (Å²) in [7, 11) is 0. The number of nitrogens with zero attached hydrogens (tertiary/aromatic N) is 8. The Hall–Kier alpha value is -2.77. The van der Waals surface area contributed by atoms with Gasteiger partial charge in [-0.05, 0) is 32.6 Å². The van der Waals surface area contributed by atoms with Gasteiger partial charge in [0.1, 0.15) is 23.4 Å². The SMILES string of the molecule is CCC1CCC2(CC)c3nnc(C)n3-c3cnc(-n4ccnc4)nc3N12. The second-order valence-corrected chi connectivity index (χ2v) is 7.11. The second-order valence-electron chi connectivity index (χ2n) is 7.11. The topological polar surface area (TPSA) is 77.5 Å². The van der Waals surface area contributed by atoms with Gasteiger partial charge in [0.25, 0.3) is 0 Å². The number of aryl methyl sites for hydroxylation is 1. The van der Waals surface area contributed by atoms with Crippen molar-refractivity contribution in [3.8, 4) is 11.6 Å². The van der Waals surface area contributed by atoms with Crippen molar-refractivity contribution in [1.82, 2.24) is 34.3 Å². The molecule has 26 heavy (non-hydrogen) atoms. The lowest BCUT2D eigenvalue weighted by atomic mass is 9.90. The highest BCUT2D eigenvalue weighted by atomic mass is 15.4. The predicted molar refractivity (Wildman–Crippen MR) is 96.6 cm³/mol. The molecule has 0 aromatic carbocycles. The first-order valence-electron chi connectivity index (χ1n) is 9.27. The van der Waals surface area contributed by atoms with Gasteiger partial charge < -0.3 is 4.90 Å². The molecule has 1 fully saturated rings. The standard InChI is InChI=1S/C18H22N8/c1-4-13-6-7-18(5-2)16-23-22-12(3)25(16)14-10-20-17(21-15(14)26(13)18)24-9-8-19-11-24/h8-11,13H,4-7H2,1-3H3. The largest absolute Gasteiger partial charge is 0.339 e. The minimum absolute atomic E-state index is 0.143. The normalized spacial score (nSPS) is 23.7. The van der Waals surface area contributed by atoms with Crippen LogP contribution in [0.15, 0.2) is 24.9 Å². The minimum Gasteiger partial charge on any atom is -0.339 e. The lowest BCUT2D eigenvalue weighted by Gasteiger charge is -2.44. The zero-order valence-corrected chi connectivity index (χ0v) is 15.3.